The topological polar surface area (TPSA) is 59.8 Å². The number of carbonyl (C=O) groups excluding carboxylic acids is 1. The number of hydrogen-bond donors (Lipinski definition) is 1. The molecule has 0 saturated carbocycles. The van der Waals surface area contributed by atoms with Gasteiger partial charge in [-0.1, -0.05) is 27.3 Å². The molecule has 2 aromatic heterocycles. The van der Waals surface area contributed by atoms with Gasteiger partial charge in [-0.25, -0.2) is 13.8 Å². The number of nitrogens with zero attached hydrogens (tertiary/aromatic N) is 3. The predicted octanol–water partition coefficient (Wildman–Crippen LogP) is 5.31. The first-order valence-corrected chi connectivity index (χ1v) is 10.4. The minimum atomic E-state index is -0.619. The monoisotopic (exact) mass is 474 g/mol. The number of fused-ring (bicyclic) bond motifs is 2. The van der Waals surface area contributed by atoms with Crippen LogP contribution in [0.4, 0.5) is 14.6 Å². The van der Waals surface area contributed by atoms with E-state index in [1.165, 1.54) is 11.3 Å². The molecule has 0 aliphatic carbocycles. The fourth-order valence-electron chi connectivity index (χ4n) is 3.71. The van der Waals surface area contributed by atoms with E-state index in [2.05, 4.69) is 31.3 Å². The molecule has 0 fully saturated rings. The summed E-state index contributed by atoms with van der Waals surface area (Å²) < 4.78 is 31.7. The van der Waals surface area contributed by atoms with Crippen molar-refractivity contribution in [3.63, 3.8) is 0 Å². The van der Waals surface area contributed by atoms with E-state index >= 15 is 0 Å². The van der Waals surface area contributed by atoms with Crippen molar-refractivity contribution in [1.82, 2.24) is 14.8 Å². The van der Waals surface area contributed by atoms with E-state index in [0.717, 1.165) is 32.9 Å². The number of nitrogens with one attached hydrogen (secondary N) is 1. The van der Waals surface area contributed by atoms with Crippen LogP contribution in [0.1, 0.15) is 29.2 Å². The van der Waals surface area contributed by atoms with Crippen LogP contribution in [-0.2, 0) is 4.79 Å². The van der Waals surface area contributed by atoms with Crippen LogP contribution < -0.4 is 5.32 Å². The summed E-state index contributed by atoms with van der Waals surface area (Å²) in [5.41, 5.74) is 2.27. The molecular weight excluding hydrogens is 462 g/mol. The number of halogens is 3. The number of thiazole rings is 1. The van der Waals surface area contributed by atoms with Gasteiger partial charge in [-0.15, -0.1) is 0 Å². The predicted molar refractivity (Wildman–Crippen MR) is 111 cm³/mol. The van der Waals surface area contributed by atoms with Crippen molar-refractivity contribution in [2.75, 3.05) is 5.32 Å². The lowest BCUT2D eigenvalue weighted by atomic mass is 9.85. The third kappa shape index (κ3) is 3.05. The van der Waals surface area contributed by atoms with E-state index in [-0.39, 0.29) is 17.9 Å². The van der Waals surface area contributed by atoms with Gasteiger partial charge in [0.05, 0.1) is 15.9 Å². The number of benzene rings is 2. The summed E-state index contributed by atoms with van der Waals surface area (Å²) in [6, 6.07) is 9.06. The summed E-state index contributed by atoms with van der Waals surface area (Å²) in [7, 11) is 0. The molecule has 5 nitrogen and oxygen atoms in total. The molecule has 9 heteroatoms. The van der Waals surface area contributed by atoms with Gasteiger partial charge >= 0.3 is 0 Å². The van der Waals surface area contributed by atoms with E-state index in [1.54, 1.807) is 11.6 Å². The van der Waals surface area contributed by atoms with E-state index in [9.17, 15) is 13.6 Å². The molecule has 1 amide bonds. The molecule has 0 unspecified atom stereocenters. The van der Waals surface area contributed by atoms with Crippen LogP contribution in [0.3, 0.4) is 0 Å². The first-order valence-electron chi connectivity index (χ1n) is 8.81. The van der Waals surface area contributed by atoms with Gasteiger partial charge in [-0.05, 0) is 48.9 Å². The summed E-state index contributed by atoms with van der Waals surface area (Å²) in [6.07, 6.45) is 0.0205. The van der Waals surface area contributed by atoms with E-state index in [1.807, 2.05) is 18.2 Å². The third-order valence-corrected chi connectivity index (χ3v) is 6.44. The van der Waals surface area contributed by atoms with Crippen LogP contribution in [0.25, 0.3) is 15.3 Å². The van der Waals surface area contributed by atoms with Crippen molar-refractivity contribution in [3.8, 4) is 5.13 Å². The van der Waals surface area contributed by atoms with Crippen LogP contribution in [0.15, 0.2) is 40.9 Å². The lowest BCUT2D eigenvalue weighted by Gasteiger charge is -2.24. The molecule has 146 valence electrons. The Bertz CT molecular complexity index is 1300. The van der Waals surface area contributed by atoms with Gasteiger partial charge < -0.3 is 5.32 Å². The Labute approximate surface area is 176 Å². The number of aryl methyl sites for hydroxylation is 1. The van der Waals surface area contributed by atoms with E-state index in [0.29, 0.717) is 22.2 Å². The van der Waals surface area contributed by atoms with Crippen molar-refractivity contribution in [3.05, 3.63) is 69.3 Å². The van der Waals surface area contributed by atoms with Gasteiger partial charge in [0.1, 0.15) is 17.5 Å². The van der Waals surface area contributed by atoms with E-state index in [4.69, 9.17) is 0 Å². The molecule has 1 aliphatic heterocycles. The number of carbonyl (C=O) groups is 1. The van der Waals surface area contributed by atoms with Gasteiger partial charge in [-0.3, -0.25) is 4.79 Å². The quantitative estimate of drug-likeness (QED) is 0.428. The molecule has 5 rings (SSSR count). The molecule has 0 saturated heterocycles. The summed E-state index contributed by atoms with van der Waals surface area (Å²) in [5.74, 6) is -1.54. The highest BCUT2D eigenvalue weighted by atomic mass is 79.9. The number of amides is 1. The molecular formula is C20H13BrF2N4OS. The van der Waals surface area contributed by atoms with Crippen LogP contribution in [-0.4, -0.2) is 20.7 Å². The molecule has 1 N–H and O–H groups in total. The lowest BCUT2D eigenvalue weighted by Crippen LogP contribution is -2.25. The van der Waals surface area contributed by atoms with Crippen LogP contribution >= 0.6 is 27.3 Å². The molecule has 3 heterocycles. The molecule has 1 atom stereocenters. The first-order chi connectivity index (χ1) is 13.9. The second-order valence-corrected chi connectivity index (χ2v) is 8.76. The largest absolute Gasteiger partial charge is 0.310 e. The Morgan fingerprint density at radius 1 is 1.24 bits per heavy atom. The highest BCUT2D eigenvalue weighted by molar-refractivity contribution is 9.10. The normalized spacial score (nSPS) is 16.1. The SMILES string of the molecule is Cc1nn(-c2nc3ccc(Br)cc3s2)c2c1[C@H](c1cc(F)ccc1F)CC(=O)N2. The Morgan fingerprint density at radius 3 is 2.90 bits per heavy atom. The van der Waals surface area contributed by atoms with Crippen molar-refractivity contribution < 1.29 is 13.6 Å². The summed E-state index contributed by atoms with van der Waals surface area (Å²) in [5, 5.41) is 7.99. The number of aromatic nitrogens is 3. The van der Waals surface area contributed by atoms with Gasteiger partial charge in [0, 0.05) is 22.4 Å². The lowest BCUT2D eigenvalue weighted by molar-refractivity contribution is -0.116. The fourth-order valence-corrected chi connectivity index (χ4v) is 5.19. The van der Waals surface area contributed by atoms with Crippen LogP contribution in [0, 0.1) is 18.6 Å². The van der Waals surface area contributed by atoms with Gasteiger partial charge in [0.2, 0.25) is 11.0 Å². The molecule has 0 radical (unpaired) electrons. The molecule has 2 aromatic carbocycles. The maximum atomic E-state index is 14.5. The minimum absolute atomic E-state index is 0.0205. The van der Waals surface area contributed by atoms with Crippen LogP contribution in [0.5, 0.6) is 0 Å². The number of rotatable bonds is 2. The maximum Gasteiger partial charge on any atom is 0.226 e. The Morgan fingerprint density at radius 2 is 2.07 bits per heavy atom. The zero-order valence-electron chi connectivity index (χ0n) is 15.0. The van der Waals surface area contributed by atoms with Crippen molar-refractivity contribution in [2.45, 2.75) is 19.3 Å². The third-order valence-electron chi connectivity index (χ3n) is 4.96. The minimum Gasteiger partial charge on any atom is -0.310 e. The zero-order valence-corrected chi connectivity index (χ0v) is 17.4. The average Bonchev–Trinajstić information content (AvgIpc) is 3.23. The van der Waals surface area contributed by atoms with Crippen molar-refractivity contribution in [2.24, 2.45) is 0 Å². The Kier molecular flexibility index (Phi) is 4.25. The van der Waals surface area contributed by atoms with Gasteiger partial charge in [0.25, 0.3) is 0 Å². The first kappa shape index (κ1) is 18.4. The van der Waals surface area contributed by atoms with Crippen molar-refractivity contribution in [1.29, 1.82) is 0 Å². The molecule has 1 aliphatic rings. The fraction of sp³-hybridized carbons (Fsp3) is 0.150. The zero-order chi connectivity index (χ0) is 20.3. The highest BCUT2D eigenvalue weighted by Crippen LogP contribution is 2.42. The smallest absolute Gasteiger partial charge is 0.226 e. The maximum absolute atomic E-state index is 14.5. The van der Waals surface area contributed by atoms with Gasteiger partial charge in [-0.2, -0.15) is 9.78 Å². The molecule has 0 bridgehead atoms. The second-order valence-electron chi connectivity index (χ2n) is 6.84. The molecule has 4 aromatic rings. The van der Waals surface area contributed by atoms with Crippen LogP contribution in [0.2, 0.25) is 0 Å². The molecule has 29 heavy (non-hydrogen) atoms. The number of anilines is 1. The average molecular weight is 475 g/mol. The summed E-state index contributed by atoms with van der Waals surface area (Å²) in [6.45, 7) is 1.79. The Hall–Kier alpha value is -2.65. The van der Waals surface area contributed by atoms with Gasteiger partial charge in [0.15, 0.2) is 0 Å². The second kappa shape index (κ2) is 6.70. The summed E-state index contributed by atoms with van der Waals surface area (Å²) >= 11 is 4.88. The summed E-state index contributed by atoms with van der Waals surface area (Å²) in [4.78, 5) is 17.0. The van der Waals surface area contributed by atoms with E-state index < -0.39 is 17.6 Å². The standard InChI is InChI=1S/C20H13BrF2N4OS/c1-9-18-13(12-7-11(22)3-4-14(12)23)8-17(28)25-19(18)27(26-9)20-24-15-5-2-10(21)6-16(15)29-20/h2-7,13H,8H2,1H3,(H,25,28)/t13-/m0/s1. The molecule has 0 spiro atoms. The number of hydrogen-bond acceptors (Lipinski definition) is 4. The Balaban J connectivity index is 1.69. The van der Waals surface area contributed by atoms with Crippen molar-refractivity contribution >= 4 is 49.2 Å². The highest BCUT2D eigenvalue weighted by Gasteiger charge is 2.34.